The van der Waals surface area contributed by atoms with Crippen LogP contribution in [0.15, 0.2) is 4.52 Å². The minimum atomic E-state index is -0.291. The second kappa shape index (κ2) is 7.45. The summed E-state index contributed by atoms with van der Waals surface area (Å²) in [5.41, 5.74) is 5.93. The van der Waals surface area contributed by atoms with Crippen LogP contribution in [0, 0.1) is 5.92 Å². The fourth-order valence-electron chi connectivity index (χ4n) is 1.63. The van der Waals surface area contributed by atoms with Crippen LogP contribution in [0.3, 0.4) is 0 Å². The molecule has 0 radical (unpaired) electrons. The summed E-state index contributed by atoms with van der Waals surface area (Å²) in [5.74, 6) is 1.28. The van der Waals surface area contributed by atoms with E-state index < -0.39 is 0 Å². The lowest BCUT2D eigenvalue weighted by Gasteiger charge is -2.16. The highest BCUT2D eigenvalue weighted by Crippen LogP contribution is 2.24. The summed E-state index contributed by atoms with van der Waals surface area (Å²) in [7, 11) is 1.63. The molecule has 104 valence electrons. The molecule has 18 heavy (non-hydrogen) atoms. The zero-order valence-electron chi connectivity index (χ0n) is 11.5. The molecule has 2 N–H and O–H groups in total. The van der Waals surface area contributed by atoms with Gasteiger partial charge in [0.05, 0.1) is 6.04 Å². The largest absolute Gasteiger partial charge is 0.385 e. The van der Waals surface area contributed by atoms with Crippen molar-refractivity contribution in [3.63, 3.8) is 0 Å². The summed E-state index contributed by atoms with van der Waals surface area (Å²) in [6, 6.07) is -0.291. The number of methoxy groups -OCH3 is 1. The first-order valence-electron chi connectivity index (χ1n) is 6.29. The second-order valence-electron chi connectivity index (χ2n) is 4.50. The van der Waals surface area contributed by atoms with Crippen molar-refractivity contribution in [1.82, 2.24) is 10.1 Å². The Kier molecular flexibility index (Phi) is 6.24. The number of aromatic nitrogens is 2. The average molecular weight is 257 g/mol. The molecule has 2 atom stereocenters. The molecule has 0 aliphatic rings. The van der Waals surface area contributed by atoms with Gasteiger partial charge in [-0.3, -0.25) is 0 Å². The van der Waals surface area contributed by atoms with E-state index in [0.29, 0.717) is 31.3 Å². The van der Waals surface area contributed by atoms with Crippen molar-refractivity contribution < 1.29 is 14.0 Å². The van der Waals surface area contributed by atoms with Gasteiger partial charge in [0.1, 0.15) is 6.10 Å². The van der Waals surface area contributed by atoms with Crippen molar-refractivity contribution >= 4 is 0 Å². The van der Waals surface area contributed by atoms with Gasteiger partial charge in [-0.2, -0.15) is 4.98 Å². The molecule has 0 saturated carbocycles. The zero-order chi connectivity index (χ0) is 13.5. The van der Waals surface area contributed by atoms with Gasteiger partial charge in [0.15, 0.2) is 0 Å². The number of nitrogens with two attached hydrogens (primary N) is 1. The Bertz CT molecular complexity index is 341. The molecule has 0 aliphatic carbocycles. The molecule has 0 amide bonds. The summed E-state index contributed by atoms with van der Waals surface area (Å²) in [6.45, 7) is 7.24. The highest BCUT2D eigenvalue weighted by molar-refractivity contribution is 4.96. The van der Waals surface area contributed by atoms with Crippen LogP contribution in [0.4, 0.5) is 0 Å². The molecule has 6 heteroatoms. The Labute approximate surface area is 108 Å². The monoisotopic (exact) mass is 257 g/mol. The van der Waals surface area contributed by atoms with Gasteiger partial charge in [-0.1, -0.05) is 19.0 Å². The van der Waals surface area contributed by atoms with Gasteiger partial charge in [0.2, 0.25) is 11.7 Å². The van der Waals surface area contributed by atoms with Crippen LogP contribution in [0.2, 0.25) is 0 Å². The summed E-state index contributed by atoms with van der Waals surface area (Å²) in [4.78, 5) is 4.32. The van der Waals surface area contributed by atoms with Gasteiger partial charge >= 0.3 is 0 Å². The Morgan fingerprint density at radius 2 is 2.11 bits per heavy atom. The Hall–Kier alpha value is -0.980. The van der Waals surface area contributed by atoms with Crippen LogP contribution in [0.25, 0.3) is 0 Å². The second-order valence-corrected chi connectivity index (χ2v) is 4.50. The third-order valence-corrected chi connectivity index (χ3v) is 2.61. The molecular weight excluding hydrogens is 234 g/mol. The third-order valence-electron chi connectivity index (χ3n) is 2.61. The van der Waals surface area contributed by atoms with E-state index >= 15 is 0 Å². The molecule has 0 fully saturated rings. The molecule has 0 aromatic carbocycles. The molecule has 2 unspecified atom stereocenters. The first-order chi connectivity index (χ1) is 8.60. The Morgan fingerprint density at radius 3 is 2.67 bits per heavy atom. The lowest BCUT2D eigenvalue weighted by Crippen LogP contribution is -2.15. The van der Waals surface area contributed by atoms with Crippen LogP contribution in [0.5, 0.6) is 0 Å². The van der Waals surface area contributed by atoms with Gasteiger partial charge in [-0.25, -0.2) is 0 Å². The summed E-state index contributed by atoms with van der Waals surface area (Å²) in [6.07, 6.45) is 0.501. The van der Waals surface area contributed by atoms with Gasteiger partial charge in [0, 0.05) is 20.3 Å². The van der Waals surface area contributed by atoms with Gasteiger partial charge in [0.25, 0.3) is 0 Å². The maximum absolute atomic E-state index is 5.93. The van der Waals surface area contributed by atoms with Crippen molar-refractivity contribution in [2.45, 2.75) is 39.3 Å². The predicted octanol–water partition coefficient (Wildman–Crippen LogP) is 1.84. The Balaban J connectivity index is 2.71. The number of ether oxygens (including phenoxy) is 2. The predicted molar refractivity (Wildman–Crippen MR) is 66.9 cm³/mol. The molecule has 0 spiro atoms. The SMILES string of the molecule is CCOC(c1noc(C(N)CCOC)n1)C(C)C. The first kappa shape index (κ1) is 15.1. The molecule has 1 aromatic rings. The van der Waals surface area contributed by atoms with Crippen LogP contribution >= 0.6 is 0 Å². The summed E-state index contributed by atoms with van der Waals surface area (Å²) in [5, 5.41) is 3.95. The van der Waals surface area contributed by atoms with Crippen molar-refractivity contribution in [1.29, 1.82) is 0 Å². The maximum atomic E-state index is 5.93. The van der Waals surface area contributed by atoms with Crippen LogP contribution in [-0.2, 0) is 9.47 Å². The number of hydrogen-bond donors (Lipinski definition) is 1. The lowest BCUT2D eigenvalue weighted by molar-refractivity contribution is 0.0217. The molecule has 0 aliphatic heterocycles. The van der Waals surface area contributed by atoms with Crippen molar-refractivity contribution in [2.75, 3.05) is 20.3 Å². The molecule has 0 saturated heterocycles. The van der Waals surface area contributed by atoms with Crippen LogP contribution < -0.4 is 5.73 Å². The van der Waals surface area contributed by atoms with Crippen LogP contribution in [0.1, 0.15) is 51.1 Å². The quantitative estimate of drug-likeness (QED) is 0.765. The summed E-state index contributed by atoms with van der Waals surface area (Å²) >= 11 is 0. The van der Waals surface area contributed by atoms with Crippen molar-refractivity contribution in [2.24, 2.45) is 11.7 Å². The topological polar surface area (TPSA) is 83.4 Å². The van der Waals surface area contributed by atoms with Crippen LogP contribution in [-0.4, -0.2) is 30.5 Å². The molecule has 1 rings (SSSR count). The van der Waals surface area contributed by atoms with Crippen molar-refractivity contribution in [3.8, 4) is 0 Å². The van der Waals surface area contributed by atoms with Gasteiger partial charge < -0.3 is 19.7 Å². The highest BCUT2D eigenvalue weighted by Gasteiger charge is 2.23. The normalized spacial score (nSPS) is 15.0. The third kappa shape index (κ3) is 4.04. The molecule has 0 bridgehead atoms. The smallest absolute Gasteiger partial charge is 0.243 e. The zero-order valence-corrected chi connectivity index (χ0v) is 11.5. The standard InChI is InChI=1S/C12H23N3O3/c1-5-17-10(8(2)3)11-14-12(18-15-11)9(13)6-7-16-4/h8-10H,5-7,13H2,1-4H3. The van der Waals surface area contributed by atoms with E-state index in [1.165, 1.54) is 0 Å². The molecule has 1 heterocycles. The minimum absolute atomic E-state index is 0.151. The fraction of sp³-hybridized carbons (Fsp3) is 0.833. The number of nitrogens with zero attached hydrogens (tertiary/aromatic N) is 2. The van der Waals surface area contributed by atoms with Gasteiger partial charge in [-0.05, 0) is 19.3 Å². The van der Waals surface area contributed by atoms with E-state index in [1.54, 1.807) is 7.11 Å². The number of hydrogen-bond acceptors (Lipinski definition) is 6. The Morgan fingerprint density at radius 1 is 1.39 bits per heavy atom. The van der Waals surface area contributed by atoms with Gasteiger partial charge in [-0.15, -0.1) is 0 Å². The summed E-state index contributed by atoms with van der Waals surface area (Å²) < 4.78 is 15.8. The lowest BCUT2D eigenvalue weighted by atomic mass is 10.1. The van der Waals surface area contributed by atoms with E-state index in [2.05, 4.69) is 24.0 Å². The van der Waals surface area contributed by atoms with Crippen molar-refractivity contribution in [3.05, 3.63) is 11.7 Å². The molecule has 1 aromatic heterocycles. The fourth-order valence-corrected chi connectivity index (χ4v) is 1.63. The van der Waals surface area contributed by atoms with E-state index in [1.807, 2.05) is 6.92 Å². The average Bonchev–Trinajstić information content (AvgIpc) is 2.81. The molecule has 6 nitrogen and oxygen atoms in total. The van der Waals surface area contributed by atoms with E-state index in [0.717, 1.165) is 0 Å². The van der Waals surface area contributed by atoms with E-state index in [4.69, 9.17) is 19.7 Å². The number of rotatable bonds is 8. The first-order valence-corrected chi connectivity index (χ1v) is 6.29. The van der Waals surface area contributed by atoms with E-state index in [-0.39, 0.29) is 18.1 Å². The molecular formula is C12H23N3O3. The highest BCUT2D eigenvalue weighted by atomic mass is 16.5. The van der Waals surface area contributed by atoms with E-state index in [9.17, 15) is 0 Å². The maximum Gasteiger partial charge on any atom is 0.243 e. The minimum Gasteiger partial charge on any atom is -0.385 e.